The smallest absolute Gasteiger partial charge is 0.119 e. The molecule has 2 nitrogen and oxygen atoms in total. The quantitative estimate of drug-likeness (QED) is 0.793. The molecule has 1 aromatic rings. The van der Waals surface area contributed by atoms with Crippen molar-refractivity contribution in [3.8, 4) is 5.75 Å². The summed E-state index contributed by atoms with van der Waals surface area (Å²) in [5, 5.41) is 3.24. The molecular weight excluding hydrogens is 198 g/mol. The summed E-state index contributed by atoms with van der Waals surface area (Å²) >= 11 is 0. The Morgan fingerprint density at radius 3 is 2.94 bits per heavy atom. The van der Waals surface area contributed by atoms with E-state index in [9.17, 15) is 0 Å². The van der Waals surface area contributed by atoms with Crippen molar-refractivity contribution in [1.29, 1.82) is 0 Å². The van der Waals surface area contributed by atoms with Gasteiger partial charge in [0, 0.05) is 6.04 Å². The Hall–Kier alpha value is -1.02. The highest BCUT2D eigenvalue weighted by molar-refractivity contribution is 5.30. The van der Waals surface area contributed by atoms with Crippen LogP contribution >= 0.6 is 0 Å². The van der Waals surface area contributed by atoms with Crippen LogP contribution in [-0.4, -0.2) is 13.7 Å². The van der Waals surface area contributed by atoms with Crippen LogP contribution in [0, 0.1) is 5.92 Å². The topological polar surface area (TPSA) is 21.3 Å². The van der Waals surface area contributed by atoms with Crippen molar-refractivity contribution in [2.24, 2.45) is 5.92 Å². The highest BCUT2D eigenvalue weighted by Gasteiger charge is 2.20. The maximum Gasteiger partial charge on any atom is 0.119 e. The summed E-state index contributed by atoms with van der Waals surface area (Å²) in [6.45, 7) is 3.02. The second kappa shape index (κ2) is 5.35. The average molecular weight is 219 g/mol. The summed E-state index contributed by atoms with van der Waals surface area (Å²) in [6, 6.07) is 8.75. The molecule has 1 N–H and O–H groups in total. The van der Waals surface area contributed by atoms with Crippen LogP contribution in [0.25, 0.3) is 0 Å². The normalized spacial score (nSPS) is 17.1. The lowest BCUT2D eigenvalue weighted by atomic mass is 10.1. The zero-order valence-corrected chi connectivity index (χ0v) is 10.2. The Labute approximate surface area is 98.0 Å². The minimum atomic E-state index is 0.381. The summed E-state index contributed by atoms with van der Waals surface area (Å²) in [5.74, 6) is 1.94. The lowest BCUT2D eigenvalue weighted by molar-refractivity contribution is 0.302. The third-order valence-corrected chi connectivity index (χ3v) is 3.28. The Bertz CT molecular complexity index is 333. The van der Waals surface area contributed by atoms with E-state index in [1.165, 1.54) is 24.8 Å². The van der Waals surface area contributed by atoms with Crippen LogP contribution < -0.4 is 10.1 Å². The number of ether oxygens (including phenoxy) is 1. The predicted molar refractivity (Wildman–Crippen MR) is 66.8 cm³/mol. The molecule has 0 amide bonds. The van der Waals surface area contributed by atoms with Crippen LogP contribution in [0.1, 0.15) is 37.8 Å². The molecule has 1 saturated carbocycles. The molecule has 1 unspecified atom stereocenters. The predicted octanol–water partition coefficient (Wildman–Crippen LogP) is 3.15. The fourth-order valence-electron chi connectivity index (χ4n) is 1.79. The molecule has 88 valence electrons. The molecule has 0 spiro atoms. The fraction of sp³-hybridized carbons (Fsp3) is 0.571. The van der Waals surface area contributed by atoms with Crippen molar-refractivity contribution in [3.05, 3.63) is 29.8 Å². The summed E-state index contributed by atoms with van der Waals surface area (Å²) < 4.78 is 5.76. The van der Waals surface area contributed by atoms with Crippen molar-refractivity contribution < 1.29 is 4.74 Å². The molecule has 0 bridgehead atoms. The van der Waals surface area contributed by atoms with Gasteiger partial charge in [-0.05, 0) is 44.0 Å². The molecule has 16 heavy (non-hydrogen) atoms. The van der Waals surface area contributed by atoms with Gasteiger partial charge in [0.25, 0.3) is 0 Å². The average Bonchev–Trinajstić information content (AvgIpc) is 3.12. The van der Waals surface area contributed by atoms with Gasteiger partial charge < -0.3 is 10.1 Å². The summed E-state index contributed by atoms with van der Waals surface area (Å²) in [7, 11) is 1.98. The standard InChI is InChI=1S/C14H21NO/c1-11(15-2)13-4-3-5-14(10-13)16-9-8-12-6-7-12/h3-5,10-12,15H,6-9H2,1-2H3. The van der Waals surface area contributed by atoms with Crippen LogP contribution in [0.5, 0.6) is 5.75 Å². The van der Waals surface area contributed by atoms with Gasteiger partial charge in [0.2, 0.25) is 0 Å². The summed E-state index contributed by atoms with van der Waals surface area (Å²) in [4.78, 5) is 0. The van der Waals surface area contributed by atoms with Gasteiger partial charge in [0.05, 0.1) is 6.61 Å². The Kier molecular flexibility index (Phi) is 3.83. The number of nitrogens with one attached hydrogen (secondary N) is 1. The van der Waals surface area contributed by atoms with E-state index in [4.69, 9.17) is 4.74 Å². The first kappa shape index (κ1) is 11.5. The van der Waals surface area contributed by atoms with Crippen LogP contribution in [0.15, 0.2) is 24.3 Å². The maximum atomic E-state index is 5.76. The minimum Gasteiger partial charge on any atom is -0.494 e. The van der Waals surface area contributed by atoms with E-state index >= 15 is 0 Å². The van der Waals surface area contributed by atoms with Crippen molar-refractivity contribution in [1.82, 2.24) is 5.32 Å². The highest BCUT2D eigenvalue weighted by Crippen LogP contribution is 2.32. The lowest BCUT2D eigenvalue weighted by Crippen LogP contribution is -2.12. The molecular formula is C14H21NO. The minimum absolute atomic E-state index is 0.381. The van der Waals surface area contributed by atoms with Crippen molar-refractivity contribution in [2.75, 3.05) is 13.7 Å². The van der Waals surface area contributed by atoms with E-state index in [0.29, 0.717) is 6.04 Å². The summed E-state index contributed by atoms with van der Waals surface area (Å²) in [6.07, 6.45) is 4.02. The first-order chi connectivity index (χ1) is 7.79. The Balaban J connectivity index is 1.87. The molecule has 1 fully saturated rings. The van der Waals surface area contributed by atoms with Gasteiger partial charge in [0.1, 0.15) is 5.75 Å². The maximum absolute atomic E-state index is 5.76. The molecule has 0 aliphatic heterocycles. The molecule has 0 heterocycles. The number of benzene rings is 1. The first-order valence-electron chi connectivity index (χ1n) is 6.19. The van der Waals surface area contributed by atoms with E-state index in [0.717, 1.165) is 18.3 Å². The molecule has 1 atom stereocenters. The third-order valence-electron chi connectivity index (χ3n) is 3.28. The molecule has 2 rings (SSSR count). The summed E-state index contributed by atoms with van der Waals surface area (Å²) in [5.41, 5.74) is 1.28. The van der Waals surface area contributed by atoms with Crippen LogP contribution in [-0.2, 0) is 0 Å². The van der Waals surface area contributed by atoms with Gasteiger partial charge in [-0.1, -0.05) is 25.0 Å². The van der Waals surface area contributed by atoms with Crippen molar-refractivity contribution in [2.45, 2.75) is 32.2 Å². The lowest BCUT2D eigenvalue weighted by Gasteiger charge is -2.12. The van der Waals surface area contributed by atoms with Gasteiger partial charge in [-0.25, -0.2) is 0 Å². The molecule has 0 radical (unpaired) electrons. The molecule has 0 saturated heterocycles. The van der Waals surface area contributed by atoms with Crippen LogP contribution in [0.3, 0.4) is 0 Å². The Morgan fingerprint density at radius 2 is 2.25 bits per heavy atom. The van der Waals surface area contributed by atoms with Gasteiger partial charge in [-0.2, -0.15) is 0 Å². The van der Waals surface area contributed by atoms with E-state index < -0.39 is 0 Å². The Morgan fingerprint density at radius 1 is 1.44 bits per heavy atom. The molecule has 1 aromatic carbocycles. The largest absolute Gasteiger partial charge is 0.494 e. The number of rotatable bonds is 6. The second-order valence-corrected chi connectivity index (χ2v) is 4.66. The van der Waals surface area contributed by atoms with Gasteiger partial charge >= 0.3 is 0 Å². The zero-order chi connectivity index (χ0) is 11.4. The van der Waals surface area contributed by atoms with Gasteiger partial charge in [-0.3, -0.25) is 0 Å². The first-order valence-corrected chi connectivity index (χ1v) is 6.19. The van der Waals surface area contributed by atoms with Gasteiger partial charge in [-0.15, -0.1) is 0 Å². The molecule has 1 aliphatic rings. The van der Waals surface area contributed by atoms with E-state index in [1.807, 2.05) is 13.1 Å². The molecule has 2 heteroatoms. The highest BCUT2D eigenvalue weighted by atomic mass is 16.5. The fourth-order valence-corrected chi connectivity index (χ4v) is 1.79. The van der Waals surface area contributed by atoms with Crippen LogP contribution in [0.4, 0.5) is 0 Å². The van der Waals surface area contributed by atoms with E-state index in [-0.39, 0.29) is 0 Å². The second-order valence-electron chi connectivity index (χ2n) is 4.66. The van der Waals surface area contributed by atoms with Crippen molar-refractivity contribution >= 4 is 0 Å². The molecule has 0 aromatic heterocycles. The number of hydrogen-bond acceptors (Lipinski definition) is 2. The van der Waals surface area contributed by atoms with Crippen LogP contribution in [0.2, 0.25) is 0 Å². The zero-order valence-electron chi connectivity index (χ0n) is 10.2. The SMILES string of the molecule is CNC(C)c1cccc(OCCC2CC2)c1. The van der Waals surface area contributed by atoms with Gasteiger partial charge in [0.15, 0.2) is 0 Å². The van der Waals surface area contributed by atoms with E-state index in [2.05, 4.69) is 30.4 Å². The monoisotopic (exact) mass is 219 g/mol. The van der Waals surface area contributed by atoms with E-state index in [1.54, 1.807) is 0 Å². The number of hydrogen-bond donors (Lipinski definition) is 1. The van der Waals surface area contributed by atoms with Crippen molar-refractivity contribution in [3.63, 3.8) is 0 Å². The third kappa shape index (κ3) is 3.24. The molecule has 1 aliphatic carbocycles.